The number of nitrogens with zero attached hydrogens (tertiary/aromatic N) is 3. The molecule has 198 valence electrons. The first-order valence-electron chi connectivity index (χ1n) is 12.2. The third kappa shape index (κ3) is 7.21. The van der Waals surface area contributed by atoms with Crippen molar-refractivity contribution in [1.82, 2.24) is 19.9 Å². The lowest BCUT2D eigenvalue weighted by Crippen LogP contribution is -2.29. The van der Waals surface area contributed by atoms with Crippen LogP contribution in [-0.2, 0) is 24.3 Å². The van der Waals surface area contributed by atoms with Gasteiger partial charge in [-0.25, -0.2) is 4.39 Å². The molecule has 37 heavy (non-hydrogen) atoms. The zero-order valence-electron chi connectivity index (χ0n) is 21.2. The molecule has 10 heteroatoms. The van der Waals surface area contributed by atoms with Crippen molar-refractivity contribution in [3.63, 3.8) is 0 Å². The summed E-state index contributed by atoms with van der Waals surface area (Å²) in [7, 11) is 0. The van der Waals surface area contributed by atoms with Gasteiger partial charge in [0.05, 0.1) is 36.3 Å². The highest BCUT2D eigenvalue weighted by atomic mass is 19.1. The minimum absolute atomic E-state index is 0.114. The molecule has 0 aliphatic rings. The second-order valence-corrected chi connectivity index (χ2v) is 9.04. The molecule has 0 aliphatic carbocycles. The summed E-state index contributed by atoms with van der Waals surface area (Å²) in [6.45, 7) is 6.21. The van der Waals surface area contributed by atoms with Gasteiger partial charge in [0, 0.05) is 36.4 Å². The lowest BCUT2D eigenvalue weighted by atomic mass is 9.97. The Labute approximate surface area is 215 Å². The van der Waals surface area contributed by atoms with Crippen molar-refractivity contribution in [3.05, 3.63) is 70.8 Å². The van der Waals surface area contributed by atoms with Gasteiger partial charge in [0.1, 0.15) is 11.5 Å². The second-order valence-electron chi connectivity index (χ2n) is 9.04. The summed E-state index contributed by atoms with van der Waals surface area (Å²) in [6, 6.07) is 5.99. The first-order valence-corrected chi connectivity index (χ1v) is 12.2. The minimum atomic E-state index is -1.39. The lowest BCUT2D eigenvalue weighted by Gasteiger charge is -2.18. The number of hydrogen-bond acceptors (Lipinski definition) is 7. The normalized spacial score (nSPS) is 12.8. The molecule has 0 bridgehead atoms. The molecule has 2 heterocycles. The average Bonchev–Trinajstić information content (AvgIpc) is 3.13. The Morgan fingerprint density at radius 3 is 2.41 bits per heavy atom. The van der Waals surface area contributed by atoms with Gasteiger partial charge < -0.3 is 30.0 Å². The molecule has 0 fully saturated rings. The lowest BCUT2D eigenvalue weighted by molar-refractivity contribution is -0.307. The highest BCUT2D eigenvalue weighted by Crippen LogP contribution is 2.34. The molecule has 2 atom stereocenters. The fourth-order valence-electron chi connectivity index (χ4n) is 4.48. The maximum atomic E-state index is 13.7. The molecule has 0 aliphatic heterocycles. The first-order chi connectivity index (χ1) is 17.6. The number of hydrogen-bond donors (Lipinski definition) is 3. The van der Waals surface area contributed by atoms with Crippen molar-refractivity contribution in [2.45, 2.75) is 71.8 Å². The van der Waals surface area contributed by atoms with E-state index in [4.69, 9.17) is 0 Å². The van der Waals surface area contributed by atoms with Gasteiger partial charge in [-0.2, -0.15) is 0 Å². The molecule has 1 amide bonds. The summed E-state index contributed by atoms with van der Waals surface area (Å²) in [5.74, 6) is -2.07. The maximum Gasteiger partial charge on any atom is 0.268 e. The van der Waals surface area contributed by atoms with Gasteiger partial charge in [0.25, 0.3) is 5.91 Å². The Bertz CT molecular complexity index is 1230. The summed E-state index contributed by atoms with van der Waals surface area (Å²) < 4.78 is 15.5. The van der Waals surface area contributed by atoms with Crippen LogP contribution in [0.25, 0.3) is 11.1 Å². The molecule has 0 spiro atoms. The van der Waals surface area contributed by atoms with Crippen LogP contribution in [0, 0.1) is 19.7 Å². The Morgan fingerprint density at radius 1 is 1.11 bits per heavy atom. The van der Waals surface area contributed by atoms with E-state index in [1.54, 1.807) is 24.5 Å². The molecule has 1 aromatic carbocycles. The topological polar surface area (TPSA) is 140 Å². The predicted molar refractivity (Wildman–Crippen MR) is 133 cm³/mol. The second kappa shape index (κ2) is 12.6. The number of rotatable bonds is 12. The van der Waals surface area contributed by atoms with E-state index in [2.05, 4.69) is 15.3 Å². The molecule has 0 radical (unpaired) electrons. The van der Waals surface area contributed by atoms with Crippen LogP contribution in [-0.4, -0.2) is 48.8 Å². The Balaban J connectivity index is 1.91. The Kier molecular flexibility index (Phi) is 9.48. The van der Waals surface area contributed by atoms with E-state index < -0.39 is 24.6 Å². The van der Waals surface area contributed by atoms with Crippen molar-refractivity contribution >= 4 is 11.9 Å². The van der Waals surface area contributed by atoms with Gasteiger partial charge in [-0.05, 0) is 63.3 Å². The number of aryl methyl sites for hydroxylation is 1. The standard InChI is InChI=1S/C27H33FN4O5/c1-4-32-23(10-9-21(33)11-22(34)12-24(35)36)25(18-5-7-19(28)8-6-18)17(3)26(32)27(37)31-15-20-14-29-16(2)13-30-20/h5-8,13-14,21-22,33-34H,4,9-12,15H2,1-3H3,(H,31,37)(H,35,36)/p-1/t21-,22-/m1/s1. The van der Waals surface area contributed by atoms with Gasteiger partial charge in [0.15, 0.2) is 0 Å². The van der Waals surface area contributed by atoms with E-state index >= 15 is 0 Å². The van der Waals surface area contributed by atoms with E-state index in [-0.39, 0.29) is 31.1 Å². The van der Waals surface area contributed by atoms with Crippen molar-refractivity contribution in [2.75, 3.05) is 0 Å². The number of carboxylic acid groups (broad SMARTS) is 1. The summed E-state index contributed by atoms with van der Waals surface area (Å²) in [4.78, 5) is 32.5. The van der Waals surface area contributed by atoms with E-state index in [1.807, 2.05) is 25.3 Å². The van der Waals surface area contributed by atoms with Gasteiger partial charge in [-0.3, -0.25) is 14.8 Å². The third-order valence-electron chi connectivity index (χ3n) is 6.20. The number of benzene rings is 1. The fourth-order valence-corrected chi connectivity index (χ4v) is 4.48. The summed E-state index contributed by atoms with van der Waals surface area (Å²) in [6.07, 6.45) is 0.943. The van der Waals surface area contributed by atoms with Crippen molar-refractivity contribution in [2.24, 2.45) is 0 Å². The number of halogens is 1. The number of aliphatic carboxylic acids is 1. The quantitative estimate of drug-likeness (QED) is 0.337. The molecule has 0 saturated heterocycles. The van der Waals surface area contributed by atoms with Crippen LogP contribution in [0.15, 0.2) is 36.7 Å². The minimum Gasteiger partial charge on any atom is -0.550 e. The van der Waals surface area contributed by atoms with Crippen LogP contribution in [0.1, 0.15) is 59.3 Å². The molecule has 9 nitrogen and oxygen atoms in total. The van der Waals surface area contributed by atoms with Crippen LogP contribution in [0.5, 0.6) is 0 Å². The number of aromatic nitrogens is 3. The van der Waals surface area contributed by atoms with Gasteiger partial charge in [0.2, 0.25) is 0 Å². The molecule has 2 aromatic heterocycles. The number of nitrogens with one attached hydrogen (secondary N) is 1. The van der Waals surface area contributed by atoms with Gasteiger partial charge in [-0.15, -0.1) is 0 Å². The van der Waals surface area contributed by atoms with E-state index in [0.29, 0.717) is 29.9 Å². The largest absolute Gasteiger partial charge is 0.550 e. The first kappa shape index (κ1) is 27.9. The molecule has 3 N–H and O–H groups in total. The van der Waals surface area contributed by atoms with Crippen LogP contribution in [0.2, 0.25) is 0 Å². The summed E-state index contributed by atoms with van der Waals surface area (Å²) in [5.41, 5.74) is 4.82. The number of aliphatic hydroxyl groups is 2. The van der Waals surface area contributed by atoms with Crippen LogP contribution >= 0.6 is 0 Å². The predicted octanol–water partition coefficient (Wildman–Crippen LogP) is 1.84. The van der Waals surface area contributed by atoms with Crippen molar-refractivity contribution in [1.29, 1.82) is 0 Å². The number of carboxylic acids is 1. The maximum absolute atomic E-state index is 13.7. The number of amides is 1. The fraction of sp³-hybridized carbons (Fsp3) is 0.407. The highest BCUT2D eigenvalue weighted by molar-refractivity contribution is 5.97. The molecular formula is C27H32FN4O5-. The van der Waals surface area contributed by atoms with E-state index in [1.165, 1.54) is 12.1 Å². The van der Waals surface area contributed by atoms with Crippen LogP contribution < -0.4 is 10.4 Å². The molecule has 3 rings (SSSR count). The number of aliphatic hydroxyl groups excluding tert-OH is 2. The van der Waals surface area contributed by atoms with E-state index in [9.17, 15) is 29.3 Å². The molecule has 0 saturated carbocycles. The number of carbonyl (C=O) groups excluding carboxylic acids is 2. The van der Waals surface area contributed by atoms with E-state index in [0.717, 1.165) is 22.5 Å². The summed E-state index contributed by atoms with van der Waals surface area (Å²) >= 11 is 0. The van der Waals surface area contributed by atoms with Crippen LogP contribution in [0.4, 0.5) is 4.39 Å². The third-order valence-corrected chi connectivity index (χ3v) is 6.20. The van der Waals surface area contributed by atoms with Gasteiger partial charge in [-0.1, -0.05) is 12.1 Å². The van der Waals surface area contributed by atoms with Crippen molar-refractivity contribution < 1.29 is 29.3 Å². The SMILES string of the molecule is CCn1c(CC[C@@H](O)C[C@@H](O)CC(=O)[O-])c(-c2ccc(F)cc2)c(C)c1C(=O)NCc1cnc(C)cn1. The molecule has 3 aromatic rings. The Hall–Kier alpha value is -3.63. The van der Waals surface area contributed by atoms with Gasteiger partial charge >= 0.3 is 0 Å². The average molecular weight is 512 g/mol. The zero-order chi connectivity index (χ0) is 27.1. The number of carbonyl (C=O) groups is 2. The Morgan fingerprint density at radius 2 is 1.81 bits per heavy atom. The smallest absolute Gasteiger partial charge is 0.268 e. The van der Waals surface area contributed by atoms with Crippen LogP contribution in [0.3, 0.4) is 0 Å². The molecule has 0 unspecified atom stereocenters. The summed E-state index contributed by atoms with van der Waals surface area (Å²) in [5, 5.41) is 33.9. The zero-order valence-corrected chi connectivity index (χ0v) is 21.2. The highest BCUT2D eigenvalue weighted by Gasteiger charge is 2.25. The monoisotopic (exact) mass is 511 g/mol. The van der Waals surface area contributed by atoms with Crippen molar-refractivity contribution in [3.8, 4) is 11.1 Å². The molecular weight excluding hydrogens is 479 g/mol.